The molecule has 0 amide bonds. The van der Waals surface area contributed by atoms with Crippen LogP contribution in [0.4, 0.5) is 4.39 Å². The lowest BCUT2D eigenvalue weighted by atomic mass is 10.0. The number of aryl methyl sites for hydroxylation is 2. The summed E-state index contributed by atoms with van der Waals surface area (Å²) < 4.78 is 13.4. The summed E-state index contributed by atoms with van der Waals surface area (Å²) in [5.41, 5.74) is 6.39. The van der Waals surface area contributed by atoms with Gasteiger partial charge in [-0.15, -0.1) is 0 Å². The van der Waals surface area contributed by atoms with Crippen LogP contribution in [0.25, 0.3) is 0 Å². The Bertz CT molecular complexity index is 861. The van der Waals surface area contributed by atoms with Crippen LogP contribution in [0.2, 0.25) is 0 Å². The molecule has 0 spiro atoms. The molecule has 1 aliphatic heterocycles. The fraction of sp³-hybridized carbons (Fsp3) is 0.308. The van der Waals surface area contributed by atoms with E-state index in [1.807, 2.05) is 12.1 Å². The van der Waals surface area contributed by atoms with Crippen molar-refractivity contribution in [3.63, 3.8) is 0 Å². The van der Waals surface area contributed by atoms with Crippen molar-refractivity contribution in [2.45, 2.75) is 39.5 Å². The first kappa shape index (κ1) is 19.8. The fourth-order valence-electron chi connectivity index (χ4n) is 4.20. The van der Waals surface area contributed by atoms with Crippen LogP contribution in [-0.4, -0.2) is 22.9 Å². The van der Waals surface area contributed by atoms with E-state index in [4.69, 9.17) is 0 Å². The second kappa shape index (κ2) is 8.89. The summed E-state index contributed by atoms with van der Waals surface area (Å²) in [5, 5.41) is 0. The van der Waals surface area contributed by atoms with Crippen LogP contribution in [0.15, 0.2) is 72.8 Å². The third kappa shape index (κ3) is 4.92. The van der Waals surface area contributed by atoms with Gasteiger partial charge in [-0.2, -0.15) is 0 Å². The van der Waals surface area contributed by atoms with E-state index in [0.717, 1.165) is 38.2 Å². The standard InChI is InChI=1S/C26H29FN2/c1-20-4-8-22(9-5-20)18-28-16-3-17-29(19-23-10-14-25(27)15-11-23)26(28)24-12-6-21(2)7-13-24/h4-15,26H,3,16-19H2,1-2H3. The first-order valence-electron chi connectivity index (χ1n) is 10.4. The first-order chi connectivity index (χ1) is 14.1. The highest BCUT2D eigenvalue weighted by molar-refractivity contribution is 5.26. The molecular formula is C26H29FN2. The third-order valence-electron chi connectivity index (χ3n) is 5.76. The zero-order valence-electron chi connectivity index (χ0n) is 17.3. The van der Waals surface area contributed by atoms with Crippen LogP contribution in [0.5, 0.6) is 0 Å². The van der Waals surface area contributed by atoms with Crippen molar-refractivity contribution in [2.75, 3.05) is 13.1 Å². The molecule has 4 rings (SSSR count). The lowest BCUT2D eigenvalue weighted by Crippen LogP contribution is -2.46. The highest BCUT2D eigenvalue weighted by atomic mass is 19.1. The lowest BCUT2D eigenvalue weighted by Gasteiger charge is -2.44. The van der Waals surface area contributed by atoms with E-state index in [9.17, 15) is 4.39 Å². The number of halogens is 1. The smallest absolute Gasteiger partial charge is 0.123 e. The molecule has 3 aromatic rings. The summed E-state index contributed by atoms with van der Waals surface area (Å²) >= 11 is 0. The van der Waals surface area contributed by atoms with Gasteiger partial charge in [0.1, 0.15) is 5.82 Å². The number of hydrogen-bond donors (Lipinski definition) is 0. The molecule has 0 saturated carbocycles. The molecule has 3 heteroatoms. The van der Waals surface area contributed by atoms with Gasteiger partial charge in [-0.3, -0.25) is 9.80 Å². The average molecular weight is 389 g/mol. The Morgan fingerprint density at radius 2 is 1.14 bits per heavy atom. The summed E-state index contributed by atoms with van der Waals surface area (Å²) in [6.45, 7) is 8.13. The minimum absolute atomic E-state index is 0.177. The zero-order valence-corrected chi connectivity index (χ0v) is 17.3. The van der Waals surface area contributed by atoms with Crippen LogP contribution in [0, 0.1) is 19.7 Å². The molecule has 150 valence electrons. The number of rotatable bonds is 5. The van der Waals surface area contributed by atoms with Gasteiger partial charge in [0.15, 0.2) is 0 Å². The van der Waals surface area contributed by atoms with E-state index >= 15 is 0 Å². The van der Waals surface area contributed by atoms with Crippen LogP contribution in [0.1, 0.15) is 40.4 Å². The van der Waals surface area contributed by atoms with Gasteiger partial charge in [0.05, 0.1) is 6.17 Å². The van der Waals surface area contributed by atoms with E-state index in [1.165, 1.54) is 22.3 Å². The molecule has 0 N–H and O–H groups in total. The second-order valence-electron chi connectivity index (χ2n) is 8.19. The lowest BCUT2D eigenvalue weighted by molar-refractivity contribution is -0.00910. The molecule has 1 aliphatic rings. The zero-order chi connectivity index (χ0) is 20.2. The third-order valence-corrected chi connectivity index (χ3v) is 5.76. The maximum absolute atomic E-state index is 13.4. The van der Waals surface area contributed by atoms with E-state index in [0.29, 0.717) is 0 Å². The molecule has 29 heavy (non-hydrogen) atoms. The largest absolute Gasteiger partial charge is 0.280 e. The topological polar surface area (TPSA) is 6.48 Å². The molecule has 1 saturated heterocycles. The Morgan fingerprint density at radius 3 is 1.66 bits per heavy atom. The molecule has 0 radical (unpaired) electrons. The summed E-state index contributed by atoms with van der Waals surface area (Å²) in [5.74, 6) is -0.177. The first-order valence-corrected chi connectivity index (χ1v) is 10.4. The van der Waals surface area contributed by atoms with Gasteiger partial charge in [-0.25, -0.2) is 4.39 Å². The van der Waals surface area contributed by atoms with Gasteiger partial charge < -0.3 is 0 Å². The molecule has 0 bridgehead atoms. The maximum Gasteiger partial charge on any atom is 0.123 e. The van der Waals surface area contributed by atoms with E-state index in [-0.39, 0.29) is 12.0 Å². The maximum atomic E-state index is 13.4. The quantitative estimate of drug-likeness (QED) is 0.541. The molecule has 0 aliphatic carbocycles. The van der Waals surface area contributed by atoms with E-state index in [1.54, 1.807) is 12.1 Å². The number of hydrogen-bond acceptors (Lipinski definition) is 2. The monoisotopic (exact) mass is 388 g/mol. The molecule has 3 aromatic carbocycles. The SMILES string of the molecule is Cc1ccc(CN2CCCN(Cc3ccc(F)cc3)C2c2ccc(C)cc2)cc1. The molecule has 1 fully saturated rings. The van der Waals surface area contributed by atoms with Crippen molar-refractivity contribution >= 4 is 0 Å². The van der Waals surface area contributed by atoms with Crippen LogP contribution in [-0.2, 0) is 13.1 Å². The molecular weight excluding hydrogens is 359 g/mol. The van der Waals surface area contributed by atoms with Gasteiger partial charge in [0.25, 0.3) is 0 Å². The predicted octanol–water partition coefficient (Wildman–Crippen LogP) is 5.85. The van der Waals surface area contributed by atoms with E-state index < -0.39 is 0 Å². The molecule has 1 heterocycles. The summed E-state index contributed by atoms with van der Waals surface area (Å²) in [6.07, 6.45) is 1.35. The molecule has 1 unspecified atom stereocenters. The van der Waals surface area contributed by atoms with Gasteiger partial charge in [-0.1, -0.05) is 71.8 Å². The Morgan fingerprint density at radius 1 is 0.690 bits per heavy atom. The summed E-state index contributed by atoms with van der Waals surface area (Å²) in [6, 6.07) is 24.7. The average Bonchev–Trinajstić information content (AvgIpc) is 2.73. The predicted molar refractivity (Wildman–Crippen MR) is 117 cm³/mol. The second-order valence-corrected chi connectivity index (χ2v) is 8.19. The summed E-state index contributed by atoms with van der Waals surface area (Å²) in [7, 11) is 0. The highest BCUT2D eigenvalue weighted by Crippen LogP contribution is 2.32. The molecule has 1 atom stereocenters. The Balaban J connectivity index is 1.62. The van der Waals surface area contributed by atoms with Crippen LogP contribution >= 0.6 is 0 Å². The van der Waals surface area contributed by atoms with Crippen molar-refractivity contribution < 1.29 is 4.39 Å². The normalized spacial score (nSPS) is 18.1. The fourth-order valence-corrected chi connectivity index (χ4v) is 4.20. The van der Waals surface area contributed by atoms with Crippen molar-refractivity contribution in [3.05, 3.63) is 106 Å². The van der Waals surface area contributed by atoms with Crippen molar-refractivity contribution in [3.8, 4) is 0 Å². The van der Waals surface area contributed by atoms with Crippen molar-refractivity contribution in [1.29, 1.82) is 0 Å². The Kier molecular flexibility index (Phi) is 6.08. The van der Waals surface area contributed by atoms with Gasteiger partial charge in [0, 0.05) is 26.2 Å². The van der Waals surface area contributed by atoms with Crippen molar-refractivity contribution in [2.24, 2.45) is 0 Å². The number of nitrogens with zero attached hydrogens (tertiary/aromatic N) is 2. The molecule has 2 nitrogen and oxygen atoms in total. The minimum Gasteiger partial charge on any atom is -0.280 e. The van der Waals surface area contributed by atoms with Gasteiger partial charge in [-0.05, 0) is 49.1 Å². The number of benzene rings is 3. The minimum atomic E-state index is -0.177. The van der Waals surface area contributed by atoms with Crippen LogP contribution < -0.4 is 0 Å². The van der Waals surface area contributed by atoms with Gasteiger partial charge in [0.2, 0.25) is 0 Å². The van der Waals surface area contributed by atoms with E-state index in [2.05, 4.69) is 72.2 Å². The van der Waals surface area contributed by atoms with Crippen molar-refractivity contribution in [1.82, 2.24) is 9.80 Å². The summed E-state index contributed by atoms with van der Waals surface area (Å²) in [4.78, 5) is 5.10. The Hall–Kier alpha value is -2.49. The van der Waals surface area contributed by atoms with Gasteiger partial charge >= 0.3 is 0 Å². The van der Waals surface area contributed by atoms with Crippen LogP contribution in [0.3, 0.4) is 0 Å². The Labute approximate surface area is 173 Å². The molecule has 0 aromatic heterocycles. The highest BCUT2D eigenvalue weighted by Gasteiger charge is 2.30.